The zero-order valence-corrected chi connectivity index (χ0v) is 17.0. The highest BCUT2D eigenvalue weighted by atomic mass is 79.9. The smallest absolute Gasteiger partial charge is 0.339 e. The minimum atomic E-state index is -0.359. The Bertz CT molecular complexity index is 597. The topological polar surface area (TPSA) is 51.4 Å². The Morgan fingerprint density at radius 1 is 1.00 bits per heavy atom. The normalized spacial score (nSPS) is 23.0. The molecule has 0 spiro atoms. The molecule has 1 aromatic carbocycles. The molecule has 2 fully saturated rings. The molecule has 2 aliphatic rings. The second kappa shape index (κ2) is 6.57. The molecule has 1 aromatic rings. The number of ether oxygens (including phenoxy) is 3. The van der Waals surface area contributed by atoms with E-state index in [1.165, 1.54) is 0 Å². The summed E-state index contributed by atoms with van der Waals surface area (Å²) in [5, 5.41) is 0. The molecule has 114 valence electrons. The summed E-state index contributed by atoms with van der Waals surface area (Å²) in [6.07, 6.45) is 0.875. The van der Waals surface area contributed by atoms with Crippen molar-refractivity contribution >= 4 is 69.7 Å². The lowest BCUT2D eigenvalue weighted by atomic mass is 10.0. The first-order valence-corrected chi connectivity index (χ1v) is 9.41. The lowest BCUT2D eigenvalue weighted by Gasteiger charge is -2.16. The second-order valence-corrected chi connectivity index (χ2v) is 7.99. The van der Waals surface area contributed by atoms with Gasteiger partial charge in [0.25, 0.3) is 0 Å². The maximum absolute atomic E-state index is 12.4. The van der Waals surface area contributed by atoms with Gasteiger partial charge in [0.1, 0.15) is 12.7 Å². The van der Waals surface area contributed by atoms with Crippen molar-refractivity contribution in [1.29, 1.82) is 0 Å². The third-order valence-electron chi connectivity index (χ3n) is 3.21. The van der Waals surface area contributed by atoms with E-state index >= 15 is 0 Å². The highest BCUT2D eigenvalue weighted by Crippen LogP contribution is 2.43. The summed E-state index contributed by atoms with van der Waals surface area (Å²) in [6.45, 7) is 1.67. The molecule has 2 atom stereocenters. The van der Waals surface area contributed by atoms with E-state index in [0.29, 0.717) is 23.1 Å². The summed E-state index contributed by atoms with van der Waals surface area (Å²) in [6, 6.07) is 0. The van der Waals surface area contributed by atoms with Crippen LogP contribution in [0.25, 0.3) is 0 Å². The number of hydrogen-bond donors (Lipinski definition) is 0. The van der Waals surface area contributed by atoms with Crippen LogP contribution >= 0.6 is 63.7 Å². The van der Waals surface area contributed by atoms with E-state index in [1.807, 2.05) is 0 Å². The molecule has 0 aromatic heterocycles. The van der Waals surface area contributed by atoms with E-state index < -0.39 is 0 Å². The first-order chi connectivity index (χ1) is 9.99. The summed E-state index contributed by atoms with van der Waals surface area (Å²) in [4.78, 5) is 12.4. The van der Waals surface area contributed by atoms with E-state index in [9.17, 15) is 4.79 Å². The Morgan fingerprint density at radius 2 is 1.57 bits per heavy atom. The van der Waals surface area contributed by atoms with Crippen molar-refractivity contribution in [3.05, 3.63) is 29.0 Å². The maximum Gasteiger partial charge on any atom is 0.339 e. The third-order valence-corrected chi connectivity index (χ3v) is 8.06. The van der Waals surface area contributed by atoms with Crippen molar-refractivity contribution in [2.24, 2.45) is 0 Å². The van der Waals surface area contributed by atoms with Crippen LogP contribution in [0.1, 0.15) is 15.9 Å². The number of carbonyl (C=O) groups is 1. The van der Waals surface area contributed by atoms with Gasteiger partial charge in [-0.1, -0.05) is 0 Å². The molecule has 0 amide bonds. The van der Waals surface area contributed by atoms with Crippen LogP contribution in [-0.4, -0.2) is 38.0 Å². The minimum absolute atomic E-state index is 0.0465. The molecule has 2 heterocycles. The van der Waals surface area contributed by atoms with Crippen LogP contribution in [0, 0.1) is 0 Å². The zero-order valence-electron chi connectivity index (χ0n) is 10.6. The largest absolute Gasteiger partial charge is 0.459 e. The summed E-state index contributed by atoms with van der Waals surface area (Å²) >= 11 is 14.0. The van der Waals surface area contributed by atoms with Gasteiger partial charge < -0.3 is 14.2 Å². The summed E-state index contributed by atoms with van der Waals surface area (Å²) in [5.41, 5.74) is 1.40. The van der Waals surface area contributed by atoms with E-state index in [1.54, 1.807) is 0 Å². The van der Waals surface area contributed by atoms with Crippen molar-refractivity contribution in [2.45, 2.75) is 18.6 Å². The molecule has 4 nitrogen and oxygen atoms in total. The Morgan fingerprint density at radius 3 is 2.14 bits per heavy atom. The highest BCUT2D eigenvalue weighted by molar-refractivity contribution is 9.15. The number of benzene rings is 1. The van der Waals surface area contributed by atoms with Crippen molar-refractivity contribution in [1.82, 2.24) is 0 Å². The zero-order chi connectivity index (χ0) is 15.1. The van der Waals surface area contributed by atoms with Gasteiger partial charge in [-0.25, -0.2) is 4.79 Å². The molecule has 0 radical (unpaired) electrons. The lowest BCUT2D eigenvalue weighted by molar-refractivity contribution is 0.0474. The van der Waals surface area contributed by atoms with Gasteiger partial charge in [-0.2, -0.15) is 0 Å². The summed E-state index contributed by atoms with van der Waals surface area (Å²) in [7, 11) is 0. The fraction of sp³-hybridized carbons (Fsp3) is 0.462. The Hall–Kier alpha value is 0.530. The van der Waals surface area contributed by atoms with Crippen molar-refractivity contribution in [3.63, 3.8) is 0 Å². The first-order valence-electron chi connectivity index (χ1n) is 6.24. The van der Waals surface area contributed by atoms with Gasteiger partial charge >= 0.3 is 5.97 Å². The maximum atomic E-state index is 12.4. The van der Waals surface area contributed by atoms with Gasteiger partial charge in [-0.3, -0.25) is 0 Å². The predicted octanol–water partition coefficient (Wildman–Crippen LogP) is 4.23. The summed E-state index contributed by atoms with van der Waals surface area (Å²) in [5.74, 6) is -0.359. The molecule has 8 heteroatoms. The van der Waals surface area contributed by atoms with Crippen molar-refractivity contribution < 1.29 is 19.0 Å². The van der Waals surface area contributed by atoms with Crippen LogP contribution in [0.15, 0.2) is 17.9 Å². The van der Waals surface area contributed by atoms with Gasteiger partial charge in [0, 0.05) is 24.3 Å². The van der Waals surface area contributed by atoms with Gasteiger partial charge in [0.15, 0.2) is 0 Å². The van der Waals surface area contributed by atoms with Gasteiger partial charge in [-0.05, 0) is 69.3 Å². The van der Waals surface area contributed by atoms with E-state index in [4.69, 9.17) is 14.2 Å². The van der Waals surface area contributed by atoms with Crippen LogP contribution in [-0.2, 0) is 20.6 Å². The molecular weight excluding hydrogens is 540 g/mol. The minimum Gasteiger partial charge on any atom is -0.459 e. The van der Waals surface area contributed by atoms with Crippen molar-refractivity contribution in [3.8, 4) is 0 Å². The average Bonchev–Trinajstić information content (AvgIpc) is 3.34. The number of rotatable bonds is 5. The molecule has 2 saturated heterocycles. The standard InChI is InChI=1S/C13H10Br4O4/c14-9-7(1-5-2-19-5)8(10(15)12(17)11(9)16)13(18)21-4-6-3-20-6/h5-6H,1-4H2. The van der Waals surface area contributed by atoms with Gasteiger partial charge in [-0.15, -0.1) is 0 Å². The molecular formula is C13H10Br4O4. The summed E-state index contributed by atoms with van der Waals surface area (Å²) < 4.78 is 18.8. The van der Waals surface area contributed by atoms with Crippen LogP contribution in [0.5, 0.6) is 0 Å². The van der Waals surface area contributed by atoms with E-state index in [2.05, 4.69) is 63.7 Å². The third kappa shape index (κ3) is 3.72. The monoisotopic (exact) mass is 546 g/mol. The Labute approximate surface area is 155 Å². The van der Waals surface area contributed by atoms with Crippen LogP contribution in [0.2, 0.25) is 0 Å². The van der Waals surface area contributed by atoms with Crippen LogP contribution < -0.4 is 0 Å². The quantitative estimate of drug-likeness (QED) is 0.239. The fourth-order valence-electron chi connectivity index (χ4n) is 1.90. The molecule has 3 rings (SSSR count). The molecule has 0 aliphatic carbocycles. The van der Waals surface area contributed by atoms with Crippen LogP contribution in [0.3, 0.4) is 0 Å². The Kier molecular flexibility index (Phi) is 5.13. The number of epoxide rings is 2. The SMILES string of the molecule is O=C(OCC1CO1)c1c(Br)c(Br)c(Br)c(Br)c1CC1CO1. The second-order valence-electron chi connectivity index (χ2n) is 4.82. The predicted molar refractivity (Wildman–Crippen MR) is 90.7 cm³/mol. The first kappa shape index (κ1) is 16.4. The molecule has 2 unspecified atom stereocenters. The van der Waals surface area contributed by atoms with Crippen molar-refractivity contribution in [2.75, 3.05) is 19.8 Å². The molecule has 0 N–H and O–H groups in total. The average molecular weight is 550 g/mol. The number of carbonyl (C=O) groups excluding carboxylic acids is 1. The van der Waals surface area contributed by atoms with Gasteiger partial charge in [0.05, 0.1) is 24.9 Å². The molecule has 21 heavy (non-hydrogen) atoms. The Balaban J connectivity index is 1.95. The fourth-order valence-corrected chi connectivity index (χ4v) is 4.42. The molecule has 2 aliphatic heterocycles. The lowest BCUT2D eigenvalue weighted by Crippen LogP contribution is -2.15. The van der Waals surface area contributed by atoms with Gasteiger partial charge in [0.2, 0.25) is 0 Å². The molecule has 0 bridgehead atoms. The number of halogens is 4. The highest BCUT2D eigenvalue weighted by Gasteiger charge is 2.32. The van der Waals surface area contributed by atoms with E-state index in [0.717, 1.165) is 25.6 Å². The number of hydrogen-bond acceptors (Lipinski definition) is 4. The molecule has 0 saturated carbocycles. The number of esters is 1. The van der Waals surface area contributed by atoms with E-state index in [-0.39, 0.29) is 24.8 Å². The van der Waals surface area contributed by atoms with Crippen LogP contribution in [0.4, 0.5) is 0 Å².